The molecule has 12 heavy (non-hydrogen) atoms. The lowest BCUT2D eigenvalue weighted by Crippen LogP contribution is -2.21. The Kier molecular flexibility index (Phi) is 4.01. The third kappa shape index (κ3) is 3.11. The smallest absolute Gasteiger partial charge is 0.0954 e. The second-order valence-electron chi connectivity index (χ2n) is 2.68. The van der Waals surface area contributed by atoms with Crippen molar-refractivity contribution in [1.29, 1.82) is 0 Å². The zero-order valence-electron chi connectivity index (χ0n) is 6.96. The van der Waals surface area contributed by atoms with E-state index < -0.39 is 0 Å². The van der Waals surface area contributed by atoms with Gasteiger partial charge >= 0.3 is 0 Å². The van der Waals surface area contributed by atoms with Crippen molar-refractivity contribution >= 4 is 22.9 Å². The van der Waals surface area contributed by atoms with Gasteiger partial charge in [0, 0.05) is 11.4 Å². The van der Waals surface area contributed by atoms with E-state index in [-0.39, 0.29) is 6.73 Å². The van der Waals surface area contributed by atoms with Crippen molar-refractivity contribution < 1.29 is 5.11 Å². The van der Waals surface area contributed by atoms with Crippen LogP contribution >= 0.6 is 22.9 Å². The maximum atomic E-state index is 8.72. The van der Waals surface area contributed by atoms with Gasteiger partial charge < -0.3 is 5.11 Å². The fraction of sp³-hybridized carbons (Fsp3) is 0.500. The highest BCUT2D eigenvalue weighted by molar-refractivity contribution is 7.16. The second-order valence-corrected chi connectivity index (χ2v) is 4.48. The minimum absolute atomic E-state index is 0.110. The lowest BCUT2D eigenvalue weighted by molar-refractivity contribution is 0.134. The lowest BCUT2D eigenvalue weighted by Gasteiger charge is -2.10. The SMILES string of the molecule is CN(CO)CCc1ccc(Cl)s1. The first kappa shape index (κ1) is 9.99. The Labute approximate surface area is 81.4 Å². The summed E-state index contributed by atoms with van der Waals surface area (Å²) < 4.78 is 0.830. The number of hydrogen-bond acceptors (Lipinski definition) is 3. The van der Waals surface area contributed by atoms with Gasteiger partial charge in [-0.05, 0) is 25.6 Å². The van der Waals surface area contributed by atoms with E-state index in [2.05, 4.69) is 0 Å². The van der Waals surface area contributed by atoms with Crippen LogP contribution in [0.5, 0.6) is 0 Å². The first-order valence-corrected chi connectivity index (χ1v) is 4.95. The molecule has 1 heterocycles. The molecule has 2 nitrogen and oxygen atoms in total. The number of hydrogen-bond donors (Lipinski definition) is 1. The average molecular weight is 206 g/mol. The fourth-order valence-electron chi connectivity index (χ4n) is 0.858. The molecule has 0 radical (unpaired) electrons. The number of aliphatic hydroxyl groups is 1. The van der Waals surface area contributed by atoms with Gasteiger partial charge in [0.2, 0.25) is 0 Å². The van der Waals surface area contributed by atoms with Crippen molar-refractivity contribution in [2.24, 2.45) is 0 Å². The van der Waals surface area contributed by atoms with Crippen LogP contribution in [0.3, 0.4) is 0 Å². The van der Waals surface area contributed by atoms with Gasteiger partial charge in [-0.2, -0.15) is 0 Å². The van der Waals surface area contributed by atoms with Crippen molar-refractivity contribution in [2.75, 3.05) is 20.3 Å². The fourth-order valence-corrected chi connectivity index (χ4v) is 1.93. The summed E-state index contributed by atoms with van der Waals surface area (Å²) in [6, 6.07) is 3.93. The quantitative estimate of drug-likeness (QED) is 0.759. The monoisotopic (exact) mass is 205 g/mol. The number of rotatable bonds is 4. The largest absolute Gasteiger partial charge is 0.381 e. The van der Waals surface area contributed by atoms with E-state index in [0.29, 0.717) is 0 Å². The zero-order valence-corrected chi connectivity index (χ0v) is 8.53. The van der Waals surface area contributed by atoms with Crippen LogP contribution in [-0.4, -0.2) is 30.3 Å². The molecule has 1 aromatic rings. The Balaban J connectivity index is 2.33. The molecule has 0 aliphatic carbocycles. The Morgan fingerprint density at radius 2 is 2.33 bits per heavy atom. The van der Waals surface area contributed by atoms with Gasteiger partial charge in [0.25, 0.3) is 0 Å². The molecule has 1 N–H and O–H groups in total. The molecule has 0 saturated heterocycles. The van der Waals surface area contributed by atoms with E-state index in [1.165, 1.54) is 4.88 Å². The first-order valence-electron chi connectivity index (χ1n) is 3.76. The maximum absolute atomic E-state index is 8.72. The van der Waals surface area contributed by atoms with Crippen LogP contribution in [0, 0.1) is 0 Å². The van der Waals surface area contributed by atoms with Gasteiger partial charge in [0.1, 0.15) is 0 Å². The summed E-state index contributed by atoms with van der Waals surface area (Å²) in [5, 5.41) is 8.72. The molecule has 0 amide bonds. The molecule has 68 valence electrons. The van der Waals surface area contributed by atoms with Crippen molar-refractivity contribution in [2.45, 2.75) is 6.42 Å². The molecule has 0 bridgehead atoms. The molecule has 0 saturated carbocycles. The van der Waals surface area contributed by atoms with Gasteiger partial charge in [-0.3, -0.25) is 4.90 Å². The Bertz CT molecular complexity index is 239. The standard InChI is InChI=1S/C8H12ClNOS/c1-10(6-11)5-4-7-2-3-8(9)12-7/h2-3,11H,4-6H2,1H3. The summed E-state index contributed by atoms with van der Waals surface area (Å²) in [4.78, 5) is 3.12. The minimum Gasteiger partial charge on any atom is -0.381 e. The number of halogens is 1. The van der Waals surface area contributed by atoms with Gasteiger partial charge in [0.05, 0.1) is 11.1 Å². The van der Waals surface area contributed by atoms with Gasteiger partial charge in [-0.25, -0.2) is 0 Å². The van der Waals surface area contributed by atoms with Crippen LogP contribution in [0.4, 0.5) is 0 Å². The van der Waals surface area contributed by atoms with E-state index in [1.54, 1.807) is 11.3 Å². The summed E-state index contributed by atoms with van der Waals surface area (Å²) in [5.41, 5.74) is 0. The molecule has 0 aliphatic heterocycles. The first-order chi connectivity index (χ1) is 5.72. The Morgan fingerprint density at radius 1 is 1.58 bits per heavy atom. The molecule has 0 fully saturated rings. The van der Waals surface area contributed by atoms with Gasteiger partial charge in [0.15, 0.2) is 0 Å². The summed E-state index contributed by atoms with van der Waals surface area (Å²) in [6.07, 6.45) is 0.953. The van der Waals surface area contributed by atoms with Crippen molar-refractivity contribution in [3.8, 4) is 0 Å². The molecule has 1 aromatic heterocycles. The van der Waals surface area contributed by atoms with Crippen LogP contribution in [0.1, 0.15) is 4.88 Å². The summed E-state index contributed by atoms with van der Waals surface area (Å²) in [7, 11) is 1.88. The molecule has 0 spiro atoms. The van der Waals surface area contributed by atoms with E-state index in [4.69, 9.17) is 16.7 Å². The highest BCUT2D eigenvalue weighted by Gasteiger charge is 1.99. The van der Waals surface area contributed by atoms with Crippen LogP contribution < -0.4 is 0 Å². The second kappa shape index (κ2) is 4.82. The normalized spacial score (nSPS) is 11.0. The average Bonchev–Trinajstić information content (AvgIpc) is 2.47. The molecule has 0 aliphatic rings. The molecule has 4 heteroatoms. The van der Waals surface area contributed by atoms with Gasteiger partial charge in [-0.1, -0.05) is 11.6 Å². The predicted octanol–water partition coefficient (Wildman–Crippen LogP) is 1.83. The summed E-state index contributed by atoms with van der Waals surface area (Å²) in [6.45, 7) is 0.979. The van der Waals surface area contributed by atoms with Crippen molar-refractivity contribution in [3.63, 3.8) is 0 Å². The highest BCUT2D eigenvalue weighted by Crippen LogP contribution is 2.21. The topological polar surface area (TPSA) is 23.5 Å². The highest BCUT2D eigenvalue weighted by atomic mass is 35.5. The molecule has 0 aromatic carbocycles. The number of thiophene rings is 1. The van der Waals surface area contributed by atoms with Crippen molar-refractivity contribution in [1.82, 2.24) is 4.90 Å². The number of nitrogens with zero attached hydrogens (tertiary/aromatic N) is 1. The van der Waals surface area contributed by atoms with Crippen LogP contribution in [-0.2, 0) is 6.42 Å². The third-order valence-corrected chi connectivity index (χ3v) is 2.90. The minimum atomic E-state index is 0.110. The maximum Gasteiger partial charge on any atom is 0.0954 e. The molecule has 0 atom stereocenters. The summed E-state index contributed by atoms with van der Waals surface area (Å²) >= 11 is 7.36. The molecule has 1 rings (SSSR count). The summed E-state index contributed by atoms with van der Waals surface area (Å²) in [5.74, 6) is 0. The molecule has 0 unspecified atom stereocenters. The predicted molar refractivity (Wildman–Crippen MR) is 52.7 cm³/mol. The van der Waals surface area contributed by atoms with E-state index in [1.807, 2.05) is 24.1 Å². The Hall–Kier alpha value is -0.0900. The van der Waals surface area contributed by atoms with Crippen molar-refractivity contribution in [3.05, 3.63) is 21.3 Å². The molecular formula is C8H12ClNOS. The van der Waals surface area contributed by atoms with Gasteiger partial charge in [-0.15, -0.1) is 11.3 Å². The van der Waals surface area contributed by atoms with E-state index in [9.17, 15) is 0 Å². The van der Waals surface area contributed by atoms with Crippen LogP contribution in [0.15, 0.2) is 12.1 Å². The molecular weight excluding hydrogens is 194 g/mol. The number of likely N-dealkylation sites (N-methyl/N-ethyl adjacent to an activating group) is 1. The lowest BCUT2D eigenvalue weighted by atomic mass is 10.3. The van der Waals surface area contributed by atoms with Crippen LogP contribution in [0.25, 0.3) is 0 Å². The van der Waals surface area contributed by atoms with E-state index in [0.717, 1.165) is 17.3 Å². The zero-order chi connectivity index (χ0) is 8.97. The van der Waals surface area contributed by atoms with Crippen LogP contribution in [0.2, 0.25) is 4.34 Å². The van der Waals surface area contributed by atoms with E-state index >= 15 is 0 Å². The number of aliphatic hydroxyl groups excluding tert-OH is 1. The third-order valence-electron chi connectivity index (χ3n) is 1.61. The Morgan fingerprint density at radius 3 is 2.83 bits per heavy atom.